The molecule has 0 amide bonds. The molecule has 1 unspecified atom stereocenters. The number of nitrogens with one attached hydrogen (secondary N) is 1. The summed E-state index contributed by atoms with van der Waals surface area (Å²) in [7, 11) is 4.03. The highest BCUT2D eigenvalue weighted by Gasteiger charge is 2.04. The molecule has 4 heteroatoms. The molecule has 0 aromatic rings. The fraction of sp³-hybridized carbons (Fsp3) is 0.900. The van der Waals surface area contributed by atoms with Crippen molar-refractivity contribution >= 4 is 17.8 Å². The zero-order chi connectivity index (χ0) is 11.0. The maximum atomic E-state index is 4.49. The van der Waals surface area contributed by atoms with Crippen LogP contribution in [-0.2, 0) is 0 Å². The van der Waals surface area contributed by atoms with Gasteiger partial charge in [0.2, 0.25) is 0 Å². The van der Waals surface area contributed by atoms with Gasteiger partial charge in [0, 0.05) is 19.3 Å². The lowest BCUT2D eigenvalue weighted by Crippen LogP contribution is -2.24. The SMILES string of the molecule is CCCSN(C)CC(C)/N=C(\C)NC. The molecule has 0 spiro atoms. The molecule has 1 N–H and O–H groups in total. The number of likely N-dealkylation sites (N-methyl/N-ethyl adjacent to an activating group) is 1. The Hall–Kier alpha value is -0.220. The highest BCUT2D eigenvalue weighted by molar-refractivity contribution is 7.96. The van der Waals surface area contributed by atoms with E-state index in [9.17, 15) is 0 Å². The second-order valence-electron chi connectivity index (χ2n) is 3.46. The van der Waals surface area contributed by atoms with E-state index in [1.807, 2.05) is 25.9 Å². The van der Waals surface area contributed by atoms with E-state index in [0.29, 0.717) is 6.04 Å². The van der Waals surface area contributed by atoms with Gasteiger partial charge in [0.15, 0.2) is 0 Å². The lowest BCUT2D eigenvalue weighted by molar-refractivity contribution is 0.511. The molecule has 0 aromatic carbocycles. The van der Waals surface area contributed by atoms with Crippen LogP contribution in [0.5, 0.6) is 0 Å². The standard InChI is InChI=1S/C10H23N3S/c1-6-7-14-13(5)8-9(2)12-10(3)11-4/h9H,6-8H2,1-5H3,(H,11,12). The molecule has 0 aliphatic rings. The summed E-state index contributed by atoms with van der Waals surface area (Å²) in [5, 5.41) is 3.04. The Kier molecular flexibility index (Phi) is 7.99. The van der Waals surface area contributed by atoms with Crippen LogP contribution in [-0.4, -0.2) is 42.6 Å². The number of hydrogen-bond acceptors (Lipinski definition) is 3. The van der Waals surface area contributed by atoms with E-state index in [1.165, 1.54) is 12.2 Å². The van der Waals surface area contributed by atoms with Crippen molar-refractivity contribution in [3.8, 4) is 0 Å². The van der Waals surface area contributed by atoms with Crippen LogP contribution in [0, 0.1) is 0 Å². The number of hydrogen-bond donors (Lipinski definition) is 1. The molecule has 0 heterocycles. The summed E-state index contributed by atoms with van der Waals surface area (Å²) in [6.07, 6.45) is 1.22. The molecule has 0 saturated heterocycles. The Bertz CT molecular complexity index is 171. The van der Waals surface area contributed by atoms with Gasteiger partial charge in [0.1, 0.15) is 0 Å². The molecule has 0 rings (SSSR count). The average molecular weight is 217 g/mol. The Morgan fingerprint density at radius 2 is 2.21 bits per heavy atom. The number of aliphatic imine (C=N–C) groups is 1. The first-order chi connectivity index (χ1) is 6.60. The zero-order valence-electron chi connectivity index (χ0n) is 10.0. The van der Waals surface area contributed by atoms with Crippen molar-refractivity contribution in [3.05, 3.63) is 0 Å². The summed E-state index contributed by atoms with van der Waals surface area (Å²) in [5.41, 5.74) is 0. The average Bonchev–Trinajstić information content (AvgIpc) is 2.14. The van der Waals surface area contributed by atoms with Crippen LogP contribution in [0.15, 0.2) is 4.99 Å². The first-order valence-corrected chi connectivity index (χ1v) is 6.10. The summed E-state index contributed by atoms with van der Waals surface area (Å²) in [4.78, 5) is 4.49. The summed E-state index contributed by atoms with van der Waals surface area (Å²) in [5.74, 6) is 2.20. The maximum absolute atomic E-state index is 4.49. The van der Waals surface area contributed by atoms with E-state index in [1.54, 1.807) is 0 Å². The van der Waals surface area contributed by atoms with E-state index in [-0.39, 0.29) is 0 Å². The number of rotatable bonds is 6. The van der Waals surface area contributed by atoms with Crippen LogP contribution in [0.1, 0.15) is 27.2 Å². The summed E-state index contributed by atoms with van der Waals surface area (Å²) < 4.78 is 2.26. The van der Waals surface area contributed by atoms with Crippen LogP contribution in [0.4, 0.5) is 0 Å². The fourth-order valence-corrected chi connectivity index (χ4v) is 1.92. The first-order valence-electron chi connectivity index (χ1n) is 5.16. The van der Waals surface area contributed by atoms with Gasteiger partial charge in [-0.15, -0.1) is 0 Å². The third-order valence-electron chi connectivity index (χ3n) is 1.81. The van der Waals surface area contributed by atoms with Crippen molar-refractivity contribution in [2.24, 2.45) is 4.99 Å². The number of amidine groups is 1. The van der Waals surface area contributed by atoms with Gasteiger partial charge in [-0.25, -0.2) is 0 Å². The normalized spacial score (nSPS) is 14.6. The minimum Gasteiger partial charge on any atom is -0.377 e. The summed E-state index contributed by atoms with van der Waals surface area (Å²) in [6, 6.07) is 0.358. The van der Waals surface area contributed by atoms with Gasteiger partial charge in [-0.1, -0.05) is 18.9 Å². The van der Waals surface area contributed by atoms with E-state index >= 15 is 0 Å². The van der Waals surface area contributed by atoms with Crippen molar-refractivity contribution in [1.29, 1.82) is 0 Å². The lowest BCUT2D eigenvalue weighted by Gasteiger charge is -2.18. The molecule has 0 aliphatic carbocycles. The van der Waals surface area contributed by atoms with Gasteiger partial charge >= 0.3 is 0 Å². The monoisotopic (exact) mass is 217 g/mol. The topological polar surface area (TPSA) is 27.6 Å². The highest BCUT2D eigenvalue weighted by atomic mass is 32.2. The van der Waals surface area contributed by atoms with Gasteiger partial charge in [-0.2, -0.15) is 0 Å². The zero-order valence-corrected chi connectivity index (χ0v) is 10.8. The van der Waals surface area contributed by atoms with E-state index in [0.717, 1.165) is 12.4 Å². The number of nitrogens with zero attached hydrogens (tertiary/aromatic N) is 2. The van der Waals surface area contributed by atoms with Gasteiger partial charge < -0.3 is 5.32 Å². The minimum absolute atomic E-state index is 0.358. The Morgan fingerprint density at radius 3 is 2.71 bits per heavy atom. The third kappa shape index (κ3) is 7.21. The quantitative estimate of drug-likeness (QED) is 0.419. The first kappa shape index (κ1) is 13.8. The molecule has 0 saturated carbocycles. The van der Waals surface area contributed by atoms with Crippen LogP contribution < -0.4 is 5.32 Å². The predicted octanol–water partition coefficient (Wildman–Crippen LogP) is 2.00. The molecule has 84 valence electrons. The predicted molar refractivity (Wildman–Crippen MR) is 67.0 cm³/mol. The van der Waals surface area contributed by atoms with E-state index < -0.39 is 0 Å². The molecular weight excluding hydrogens is 194 g/mol. The third-order valence-corrected chi connectivity index (χ3v) is 2.99. The molecule has 1 atom stereocenters. The van der Waals surface area contributed by atoms with Crippen molar-refractivity contribution in [2.45, 2.75) is 33.2 Å². The van der Waals surface area contributed by atoms with E-state index in [2.05, 4.69) is 35.5 Å². The van der Waals surface area contributed by atoms with E-state index in [4.69, 9.17) is 0 Å². The Morgan fingerprint density at radius 1 is 1.57 bits per heavy atom. The summed E-state index contributed by atoms with van der Waals surface area (Å²) >= 11 is 1.88. The molecular formula is C10H23N3S. The summed E-state index contributed by atoms with van der Waals surface area (Å²) in [6.45, 7) is 7.34. The molecule has 0 bridgehead atoms. The molecule has 0 radical (unpaired) electrons. The molecule has 0 aliphatic heterocycles. The van der Waals surface area contributed by atoms with Gasteiger partial charge in [-0.05, 0) is 27.3 Å². The Balaban J connectivity index is 3.75. The van der Waals surface area contributed by atoms with Crippen molar-refractivity contribution in [2.75, 3.05) is 26.4 Å². The van der Waals surface area contributed by atoms with Crippen LogP contribution in [0.3, 0.4) is 0 Å². The minimum atomic E-state index is 0.358. The van der Waals surface area contributed by atoms with Crippen LogP contribution >= 0.6 is 11.9 Å². The molecule has 3 nitrogen and oxygen atoms in total. The smallest absolute Gasteiger partial charge is 0.0932 e. The molecule has 0 aromatic heterocycles. The van der Waals surface area contributed by atoms with Gasteiger partial charge in [-0.3, -0.25) is 9.30 Å². The molecule has 14 heavy (non-hydrogen) atoms. The second-order valence-corrected chi connectivity index (χ2v) is 4.75. The van der Waals surface area contributed by atoms with Gasteiger partial charge in [0.05, 0.1) is 11.9 Å². The van der Waals surface area contributed by atoms with Crippen molar-refractivity contribution < 1.29 is 0 Å². The maximum Gasteiger partial charge on any atom is 0.0932 e. The second kappa shape index (κ2) is 8.12. The largest absolute Gasteiger partial charge is 0.377 e. The Labute approximate surface area is 92.5 Å². The highest BCUT2D eigenvalue weighted by Crippen LogP contribution is 2.09. The van der Waals surface area contributed by atoms with Crippen LogP contribution in [0.2, 0.25) is 0 Å². The van der Waals surface area contributed by atoms with Crippen molar-refractivity contribution in [1.82, 2.24) is 9.62 Å². The lowest BCUT2D eigenvalue weighted by atomic mass is 10.3. The van der Waals surface area contributed by atoms with Crippen LogP contribution in [0.25, 0.3) is 0 Å². The van der Waals surface area contributed by atoms with Crippen molar-refractivity contribution in [3.63, 3.8) is 0 Å². The van der Waals surface area contributed by atoms with Gasteiger partial charge in [0.25, 0.3) is 0 Å². The fourth-order valence-electron chi connectivity index (χ4n) is 1.11. The molecule has 0 fully saturated rings.